The Morgan fingerprint density at radius 3 is 2.36 bits per heavy atom. The molecule has 0 aliphatic carbocycles. The highest BCUT2D eigenvalue weighted by Gasteiger charge is 2.15. The molecule has 1 aliphatic rings. The molecule has 1 saturated heterocycles. The van der Waals surface area contributed by atoms with Gasteiger partial charge in [0, 0.05) is 44.0 Å². The maximum Gasteiger partial charge on any atom is 0.255 e. The van der Waals surface area contributed by atoms with E-state index in [1.807, 2.05) is 24.3 Å². The van der Waals surface area contributed by atoms with Gasteiger partial charge in [-0.2, -0.15) is 0 Å². The summed E-state index contributed by atoms with van der Waals surface area (Å²) in [5, 5.41) is 2.78. The van der Waals surface area contributed by atoms with Crippen LogP contribution in [0.5, 0.6) is 0 Å². The van der Waals surface area contributed by atoms with Gasteiger partial charge in [0.25, 0.3) is 5.91 Å². The Balaban J connectivity index is 1.63. The average molecular weight is 402 g/mol. The Bertz CT molecular complexity index is 918. The van der Waals surface area contributed by atoms with Crippen LogP contribution in [0.4, 0.5) is 5.69 Å². The average Bonchev–Trinajstić information content (AvgIpc) is 2.70. The molecule has 0 radical (unpaired) electrons. The zero-order chi connectivity index (χ0) is 20.1. The first-order valence-corrected chi connectivity index (χ1v) is 11.2. The predicted molar refractivity (Wildman–Crippen MR) is 111 cm³/mol. The number of hydrogen-bond acceptors (Lipinski definition) is 5. The quantitative estimate of drug-likeness (QED) is 0.805. The molecule has 1 amide bonds. The van der Waals surface area contributed by atoms with E-state index < -0.39 is 9.84 Å². The molecule has 1 fully saturated rings. The lowest BCUT2D eigenvalue weighted by Gasteiger charge is -2.32. The first-order valence-electron chi connectivity index (χ1n) is 9.51. The third-order valence-electron chi connectivity index (χ3n) is 5.05. The second-order valence-electron chi connectivity index (χ2n) is 7.16. The summed E-state index contributed by atoms with van der Waals surface area (Å²) in [6.07, 6.45) is 0. The largest absolute Gasteiger partial charge is 0.322 e. The normalized spacial score (nSPS) is 16.1. The molecule has 6 nitrogen and oxygen atoms in total. The van der Waals surface area contributed by atoms with Crippen molar-refractivity contribution in [1.29, 1.82) is 0 Å². The van der Waals surface area contributed by atoms with Crippen molar-refractivity contribution in [2.45, 2.75) is 18.4 Å². The summed E-state index contributed by atoms with van der Waals surface area (Å²) in [5.41, 5.74) is 2.20. The van der Waals surface area contributed by atoms with Gasteiger partial charge >= 0.3 is 0 Å². The number of amides is 1. The van der Waals surface area contributed by atoms with Gasteiger partial charge in [-0.05, 0) is 42.9 Å². The lowest BCUT2D eigenvalue weighted by atomic mass is 10.1. The third-order valence-corrected chi connectivity index (χ3v) is 6.78. The van der Waals surface area contributed by atoms with E-state index >= 15 is 0 Å². The number of hydrogen-bond donors (Lipinski definition) is 1. The molecular formula is C21H27N3O3S. The van der Waals surface area contributed by atoms with E-state index in [-0.39, 0.29) is 16.6 Å². The van der Waals surface area contributed by atoms with Crippen LogP contribution in [0.3, 0.4) is 0 Å². The van der Waals surface area contributed by atoms with E-state index in [1.54, 1.807) is 25.1 Å². The van der Waals surface area contributed by atoms with Crippen LogP contribution in [0.15, 0.2) is 53.4 Å². The summed E-state index contributed by atoms with van der Waals surface area (Å²) in [4.78, 5) is 17.5. The molecular weight excluding hydrogens is 374 g/mol. The number of likely N-dealkylation sites (N-methyl/N-ethyl adjacent to an activating group) is 1. The summed E-state index contributed by atoms with van der Waals surface area (Å²) in [7, 11) is -1.17. The van der Waals surface area contributed by atoms with E-state index in [9.17, 15) is 13.2 Å². The fourth-order valence-electron chi connectivity index (χ4n) is 3.16. The molecule has 3 rings (SSSR count). The zero-order valence-corrected chi connectivity index (χ0v) is 17.2. The first kappa shape index (κ1) is 20.5. The van der Waals surface area contributed by atoms with Gasteiger partial charge in [0.2, 0.25) is 0 Å². The first-order chi connectivity index (χ1) is 13.4. The molecule has 1 aliphatic heterocycles. The highest BCUT2D eigenvalue weighted by atomic mass is 32.2. The molecule has 0 saturated carbocycles. The molecule has 0 bridgehead atoms. The Kier molecular flexibility index (Phi) is 6.49. The number of nitrogens with one attached hydrogen (secondary N) is 1. The Hall–Kier alpha value is -2.22. The van der Waals surface area contributed by atoms with Crippen LogP contribution in [-0.4, -0.2) is 63.1 Å². The fourth-order valence-corrected chi connectivity index (χ4v) is 4.09. The number of anilines is 1. The van der Waals surface area contributed by atoms with Crippen molar-refractivity contribution in [2.24, 2.45) is 0 Å². The zero-order valence-electron chi connectivity index (χ0n) is 16.4. The van der Waals surface area contributed by atoms with Crippen LogP contribution in [0.2, 0.25) is 0 Å². The monoisotopic (exact) mass is 401 g/mol. The van der Waals surface area contributed by atoms with Crippen molar-refractivity contribution in [3.63, 3.8) is 0 Å². The Labute approximate surface area is 167 Å². The van der Waals surface area contributed by atoms with Gasteiger partial charge in [0.1, 0.15) is 0 Å². The van der Waals surface area contributed by atoms with E-state index in [2.05, 4.69) is 22.2 Å². The molecule has 7 heteroatoms. The summed E-state index contributed by atoms with van der Waals surface area (Å²) < 4.78 is 24.0. The fraction of sp³-hybridized carbons (Fsp3) is 0.381. The van der Waals surface area contributed by atoms with E-state index in [0.717, 1.165) is 32.7 Å². The van der Waals surface area contributed by atoms with E-state index in [4.69, 9.17) is 0 Å². The predicted octanol–water partition coefficient (Wildman–Crippen LogP) is 2.48. The summed E-state index contributed by atoms with van der Waals surface area (Å²) in [6.45, 7) is 6.74. The van der Waals surface area contributed by atoms with Crippen LogP contribution in [-0.2, 0) is 16.4 Å². The Morgan fingerprint density at radius 2 is 1.71 bits per heavy atom. The lowest BCUT2D eigenvalue weighted by molar-refractivity contribution is 0.102. The number of sulfone groups is 1. The summed E-state index contributed by atoms with van der Waals surface area (Å²) >= 11 is 0. The van der Waals surface area contributed by atoms with Gasteiger partial charge in [-0.25, -0.2) is 8.42 Å². The maximum atomic E-state index is 12.5. The van der Waals surface area contributed by atoms with Crippen LogP contribution in [0, 0.1) is 0 Å². The van der Waals surface area contributed by atoms with Gasteiger partial charge in [-0.3, -0.25) is 9.69 Å². The lowest BCUT2D eigenvalue weighted by Crippen LogP contribution is -2.43. The Morgan fingerprint density at radius 1 is 1.04 bits per heavy atom. The SMILES string of the molecule is CCS(=O)(=O)c1cccc(NC(=O)c2ccc(CN3CCN(C)CC3)cc2)c1. The van der Waals surface area contributed by atoms with Crippen molar-refractivity contribution in [3.8, 4) is 0 Å². The van der Waals surface area contributed by atoms with E-state index in [0.29, 0.717) is 11.3 Å². The van der Waals surface area contributed by atoms with E-state index in [1.165, 1.54) is 11.6 Å². The van der Waals surface area contributed by atoms with Gasteiger partial charge in [0.05, 0.1) is 10.6 Å². The molecule has 0 atom stereocenters. The molecule has 1 heterocycles. The van der Waals surface area contributed by atoms with Crippen molar-refractivity contribution < 1.29 is 13.2 Å². The van der Waals surface area contributed by atoms with Gasteiger partial charge in [0.15, 0.2) is 9.84 Å². The van der Waals surface area contributed by atoms with Gasteiger partial charge < -0.3 is 10.2 Å². The number of rotatable bonds is 6. The van der Waals surface area contributed by atoms with Gasteiger partial charge in [-0.15, -0.1) is 0 Å². The number of carbonyl (C=O) groups excluding carboxylic acids is 1. The molecule has 0 spiro atoms. The standard InChI is InChI=1S/C21H27N3O3S/c1-3-28(26,27)20-6-4-5-19(15-20)22-21(25)18-9-7-17(8-10-18)16-24-13-11-23(2)12-14-24/h4-10,15H,3,11-14,16H2,1-2H3,(H,22,25). The second kappa shape index (κ2) is 8.86. The highest BCUT2D eigenvalue weighted by Crippen LogP contribution is 2.18. The molecule has 28 heavy (non-hydrogen) atoms. The van der Waals surface area contributed by atoms with Crippen LogP contribution in [0.1, 0.15) is 22.8 Å². The van der Waals surface area contributed by atoms with Crippen molar-refractivity contribution in [3.05, 3.63) is 59.7 Å². The molecule has 150 valence electrons. The highest BCUT2D eigenvalue weighted by molar-refractivity contribution is 7.91. The molecule has 1 N–H and O–H groups in total. The summed E-state index contributed by atoms with van der Waals surface area (Å²) in [5.74, 6) is -0.226. The number of nitrogens with zero attached hydrogens (tertiary/aromatic N) is 2. The molecule has 0 aromatic heterocycles. The minimum Gasteiger partial charge on any atom is -0.322 e. The molecule has 2 aromatic rings. The maximum absolute atomic E-state index is 12.5. The van der Waals surface area contributed by atoms with Crippen LogP contribution < -0.4 is 5.32 Å². The second-order valence-corrected chi connectivity index (χ2v) is 9.44. The van der Waals surface area contributed by atoms with Gasteiger partial charge in [-0.1, -0.05) is 25.1 Å². The number of carbonyl (C=O) groups is 1. The smallest absolute Gasteiger partial charge is 0.255 e. The summed E-state index contributed by atoms with van der Waals surface area (Å²) in [6, 6.07) is 13.9. The number of piperazine rings is 1. The third kappa shape index (κ3) is 5.19. The topological polar surface area (TPSA) is 69.7 Å². The minimum absolute atomic E-state index is 0.0270. The van der Waals surface area contributed by atoms with Crippen molar-refractivity contribution in [2.75, 3.05) is 44.3 Å². The van der Waals surface area contributed by atoms with Crippen molar-refractivity contribution >= 4 is 21.4 Å². The number of benzene rings is 2. The van der Waals surface area contributed by atoms with Crippen LogP contribution in [0.25, 0.3) is 0 Å². The minimum atomic E-state index is -3.30. The van der Waals surface area contributed by atoms with Crippen molar-refractivity contribution in [1.82, 2.24) is 9.80 Å². The van der Waals surface area contributed by atoms with Crippen LogP contribution >= 0.6 is 0 Å². The molecule has 2 aromatic carbocycles. The molecule has 0 unspecified atom stereocenters.